The van der Waals surface area contributed by atoms with Crippen molar-refractivity contribution >= 4 is 0 Å². The standard InChI is InChI=1S/C19H31NO/c1-2-3-4-5-6-7-10-17(20)15-16-13-14-21-19-12-9-8-11-18(16)19/h8-9,11-12,16-17H,2-7,10,13-15,20H2,1H3. The Balaban J connectivity index is 1.70. The summed E-state index contributed by atoms with van der Waals surface area (Å²) in [5.74, 6) is 1.66. The highest BCUT2D eigenvalue weighted by Crippen LogP contribution is 2.36. The molecule has 2 nitrogen and oxygen atoms in total. The molecule has 2 unspecified atom stereocenters. The molecule has 0 bridgehead atoms. The molecule has 1 aliphatic heterocycles. The van der Waals surface area contributed by atoms with Crippen LogP contribution in [-0.4, -0.2) is 12.6 Å². The van der Waals surface area contributed by atoms with E-state index in [4.69, 9.17) is 10.5 Å². The van der Waals surface area contributed by atoms with Gasteiger partial charge in [0.05, 0.1) is 6.61 Å². The van der Waals surface area contributed by atoms with Crippen LogP contribution in [0.15, 0.2) is 24.3 Å². The smallest absolute Gasteiger partial charge is 0.122 e. The van der Waals surface area contributed by atoms with Gasteiger partial charge < -0.3 is 10.5 Å². The topological polar surface area (TPSA) is 35.2 Å². The van der Waals surface area contributed by atoms with E-state index in [2.05, 4.69) is 31.2 Å². The fourth-order valence-electron chi connectivity index (χ4n) is 3.33. The van der Waals surface area contributed by atoms with Crippen LogP contribution < -0.4 is 10.5 Å². The van der Waals surface area contributed by atoms with E-state index in [9.17, 15) is 0 Å². The van der Waals surface area contributed by atoms with Crippen LogP contribution in [0.3, 0.4) is 0 Å². The molecule has 2 atom stereocenters. The third-order valence-electron chi connectivity index (χ3n) is 4.60. The number of ether oxygens (including phenoxy) is 1. The molecule has 0 fully saturated rings. The van der Waals surface area contributed by atoms with Gasteiger partial charge in [0.1, 0.15) is 5.75 Å². The van der Waals surface area contributed by atoms with E-state index >= 15 is 0 Å². The second-order valence-electron chi connectivity index (χ2n) is 6.42. The van der Waals surface area contributed by atoms with Crippen molar-refractivity contribution in [2.75, 3.05) is 6.61 Å². The monoisotopic (exact) mass is 289 g/mol. The van der Waals surface area contributed by atoms with Gasteiger partial charge in [-0.25, -0.2) is 0 Å². The Hall–Kier alpha value is -1.02. The number of fused-ring (bicyclic) bond motifs is 1. The molecule has 1 aromatic rings. The maximum atomic E-state index is 6.36. The van der Waals surface area contributed by atoms with E-state index in [1.54, 1.807) is 0 Å². The van der Waals surface area contributed by atoms with E-state index < -0.39 is 0 Å². The lowest BCUT2D eigenvalue weighted by Crippen LogP contribution is -2.25. The lowest BCUT2D eigenvalue weighted by Gasteiger charge is -2.27. The van der Waals surface area contributed by atoms with Crippen LogP contribution >= 0.6 is 0 Å². The van der Waals surface area contributed by atoms with Crippen LogP contribution in [0.2, 0.25) is 0 Å². The molecule has 0 aromatic heterocycles. The third-order valence-corrected chi connectivity index (χ3v) is 4.60. The first kappa shape index (κ1) is 16.4. The minimum absolute atomic E-state index is 0.340. The molecule has 0 amide bonds. The van der Waals surface area contributed by atoms with Crippen LogP contribution in [-0.2, 0) is 0 Å². The summed E-state index contributed by atoms with van der Waals surface area (Å²) in [5.41, 5.74) is 7.72. The maximum absolute atomic E-state index is 6.36. The first-order valence-electron chi connectivity index (χ1n) is 8.78. The van der Waals surface area contributed by atoms with Gasteiger partial charge in [-0.1, -0.05) is 63.6 Å². The van der Waals surface area contributed by atoms with E-state index in [1.807, 2.05) is 0 Å². The highest BCUT2D eigenvalue weighted by atomic mass is 16.5. The van der Waals surface area contributed by atoms with Crippen LogP contribution in [0.25, 0.3) is 0 Å². The summed E-state index contributed by atoms with van der Waals surface area (Å²) < 4.78 is 5.73. The number of para-hydroxylation sites is 1. The van der Waals surface area contributed by atoms with Crippen molar-refractivity contribution in [1.82, 2.24) is 0 Å². The van der Waals surface area contributed by atoms with Crippen LogP contribution in [0.1, 0.15) is 76.2 Å². The van der Waals surface area contributed by atoms with Gasteiger partial charge in [0.2, 0.25) is 0 Å². The van der Waals surface area contributed by atoms with Crippen molar-refractivity contribution < 1.29 is 4.74 Å². The molecule has 2 rings (SSSR count). The molecule has 0 aliphatic carbocycles. The number of hydrogen-bond donors (Lipinski definition) is 1. The van der Waals surface area contributed by atoms with Gasteiger partial charge in [-0.05, 0) is 36.8 Å². The summed E-state index contributed by atoms with van der Waals surface area (Å²) in [6.45, 7) is 3.10. The predicted octanol–water partition coefficient (Wildman–Crippen LogP) is 5.02. The molecule has 0 saturated heterocycles. The Labute approximate surface area is 130 Å². The lowest BCUT2D eigenvalue weighted by atomic mass is 9.86. The molecule has 1 aliphatic rings. The zero-order valence-corrected chi connectivity index (χ0v) is 13.5. The number of nitrogens with two attached hydrogens (primary N) is 1. The summed E-state index contributed by atoms with van der Waals surface area (Å²) in [6.07, 6.45) is 11.5. The largest absolute Gasteiger partial charge is 0.493 e. The van der Waals surface area contributed by atoms with Gasteiger partial charge in [0, 0.05) is 6.04 Å². The van der Waals surface area contributed by atoms with Gasteiger partial charge in [0.15, 0.2) is 0 Å². The molecular weight excluding hydrogens is 258 g/mol. The molecule has 2 N–H and O–H groups in total. The summed E-state index contributed by atoms with van der Waals surface area (Å²) in [6, 6.07) is 8.79. The summed E-state index contributed by atoms with van der Waals surface area (Å²) in [4.78, 5) is 0. The average Bonchev–Trinajstić information content (AvgIpc) is 2.51. The van der Waals surface area contributed by atoms with Crippen molar-refractivity contribution in [2.45, 2.75) is 76.7 Å². The fraction of sp³-hybridized carbons (Fsp3) is 0.684. The predicted molar refractivity (Wildman–Crippen MR) is 89.9 cm³/mol. The van der Waals surface area contributed by atoms with E-state index in [1.165, 1.54) is 50.5 Å². The molecular formula is C19H31NO. The van der Waals surface area contributed by atoms with Crippen LogP contribution in [0.5, 0.6) is 5.75 Å². The van der Waals surface area contributed by atoms with Crippen molar-refractivity contribution in [3.05, 3.63) is 29.8 Å². The molecule has 2 heteroatoms. The Morgan fingerprint density at radius 2 is 1.90 bits per heavy atom. The third kappa shape index (κ3) is 5.35. The molecule has 0 radical (unpaired) electrons. The van der Waals surface area contributed by atoms with Crippen molar-refractivity contribution in [3.63, 3.8) is 0 Å². The first-order valence-corrected chi connectivity index (χ1v) is 8.78. The first-order chi connectivity index (χ1) is 10.3. The average molecular weight is 289 g/mol. The highest BCUT2D eigenvalue weighted by molar-refractivity contribution is 5.37. The van der Waals surface area contributed by atoms with Crippen molar-refractivity contribution in [2.24, 2.45) is 5.73 Å². The van der Waals surface area contributed by atoms with Gasteiger partial charge in [-0.2, -0.15) is 0 Å². The SMILES string of the molecule is CCCCCCCCC(N)CC1CCOc2ccccc21. The zero-order valence-electron chi connectivity index (χ0n) is 13.5. The van der Waals surface area contributed by atoms with Crippen LogP contribution in [0, 0.1) is 0 Å². The Bertz CT molecular complexity index is 404. The maximum Gasteiger partial charge on any atom is 0.122 e. The summed E-state index contributed by atoms with van der Waals surface area (Å²) in [7, 11) is 0. The number of benzene rings is 1. The summed E-state index contributed by atoms with van der Waals surface area (Å²) in [5, 5.41) is 0. The molecule has 118 valence electrons. The van der Waals surface area contributed by atoms with Crippen LogP contribution in [0.4, 0.5) is 0 Å². The highest BCUT2D eigenvalue weighted by Gasteiger charge is 2.22. The van der Waals surface area contributed by atoms with E-state index in [0.717, 1.165) is 25.2 Å². The molecule has 1 aromatic carbocycles. The normalized spacial score (nSPS) is 18.9. The van der Waals surface area contributed by atoms with Crippen molar-refractivity contribution in [3.8, 4) is 5.75 Å². The Kier molecular flexibility index (Phi) is 7.08. The molecule has 0 spiro atoms. The Morgan fingerprint density at radius 1 is 1.14 bits per heavy atom. The fourth-order valence-corrected chi connectivity index (χ4v) is 3.33. The van der Waals surface area contributed by atoms with Gasteiger partial charge in [-0.15, -0.1) is 0 Å². The minimum atomic E-state index is 0.340. The number of rotatable bonds is 9. The Morgan fingerprint density at radius 3 is 2.76 bits per heavy atom. The lowest BCUT2D eigenvalue weighted by molar-refractivity contribution is 0.257. The number of unbranched alkanes of at least 4 members (excludes halogenated alkanes) is 5. The van der Waals surface area contributed by atoms with Gasteiger partial charge in [-0.3, -0.25) is 0 Å². The second kappa shape index (κ2) is 9.09. The second-order valence-corrected chi connectivity index (χ2v) is 6.42. The van der Waals surface area contributed by atoms with Gasteiger partial charge >= 0.3 is 0 Å². The number of hydrogen-bond acceptors (Lipinski definition) is 2. The minimum Gasteiger partial charge on any atom is -0.493 e. The summed E-state index contributed by atoms with van der Waals surface area (Å²) >= 11 is 0. The molecule has 1 heterocycles. The van der Waals surface area contributed by atoms with Crippen molar-refractivity contribution in [1.29, 1.82) is 0 Å². The van der Waals surface area contributed by atoms with E-state index in [-0.39, 0.29) is 0 Å². The molecule has 0 saturated carbocycles. The van der Waals surface area contributed by atoms with E-state index in [0.29, 0.717) is 12.0 Å². The quantitative estimate of drug-likeness (QED) is 0.648. The zero-order chi connectivity index (χ0) is 14.9. The van der Waals surface area contributed by atoms with Gasteiger partial charge in [0.25, 0.3) is 0 Å². The molecule has 21 heavy (non-hydrogen) atoms.